The van der Waals surface area contributed by atoms with Crippen molar-refractivity contribution >= 4 is 0 Å². The van der Waals surface area contributed by atoms with E-state index in [1.54, 1.807) is 0 Å². The highest BCUT2D eigenvalue weighted by molar-refractivity contribution is 4.99. The summed E-state index contributed by atoms with van der Waals surface area (Å²) in [6.45, 7) is 7.92. The fourth-order valence-electron chi connectivity index (χ4n) is 1.24. The molecule has 0 bridgehead atoms. The number of rotatable bonds is 6. The van der Waals surface area contributed by atoms with Crippen LogP contribution in [-0.2, 0) is 13.5 Å². The topological polar surface area (TPSA) is 29.9 Å². The first kappa shape index (κ1) is 11.0. The third-order valence-corrected chi connectivity index (χ3v) is 2.06. The van der Waals surface area contributed by atoms with Crippen LogP contribution in [0.4, 0.5) is 0 Å². The van der Waals surface area contributed by atoms with Gasteiger partial charge in [-0.2, -0.15) is 5.10 Å². The summed E-state index contributed by atoms with van der Waals surface area (Å²) in [7, 11) is 1.94. The SMILES string of the molecule is C=C(C)CCNCCc1ccn(C)n1. The van der Waals surface area contributed by atoms with Crippen LogP contribution in [0.3, 0.4) is 0 Å². The maximum Gasteiger partial charge on any atom is 0.0637 e. The molecule has 0 aromatic carbocycles. The fourth-order valence-corrected chi connectivity index (χ4v) is 1.24. The molecule has 0 spiro atoms. The zero-order valence-corrected chi connectivity index (χ0v) is 9.08. The molecule has 0 saturated carbocycles. The molecular formula is C11H19N3. The molecule has 0 aliphatic rings. The summed E-state index contributed by atoms with van der Waals surface area (Å²) in [4.78, 5) is 0. The van der Waals surface area contributed by atoms with Crippen LogP contribution in [0.5, 0.6) is 0 Å². The first-order chi connectivity index (χ1) is 6.68. The van der Waals surface area contributed by atoms with Gasteiger partial charge in [0.05, 0.1) is 5.69 Å². The van der Waals surface area contributed by atoms with Crippen LogP contribution in [0, 0.1) is 0 Å². The van der Waals surface area contributed by atoms with E-state index in [4.69, 9.17) is 0 Å². The van der Waals surface area contributed by atoms with Crippen LogP contribution in [-0.4, -0.2) is 22.9 Å². The molecule has 14 heavy (non-hydrogen) atoms. The van der Waals surface area contributed by atoms with Gasteiger partial charge in [-0.1, -0.05) is 5.57 Å². The third-order valence-electron chi connectivity index (χ3n) is 2.06. The standard InChI is InChI=1S/C11H19N3/c1-10(2)4-7-12-8-5-11-6-9-14(3)13-11/h6,9,12H,1,4-5,7-8H2,2-3H3. The average molecular weight is 193 g/mol. The lowest BCUT2D eigenvalue weighted by molar-refractivity contribution is 0.661. The van der Waals surface area contributed by atoms with E-state index in [0.717, 1.165) is 31.6 Å². The van der Waals surface area contributed by atoms with Crippen LogP contribution >= 0.6 is 0 Å². The Hall–Kier alpha value is -1.09. The van der Waals surface area contributed by atoms with Crippen molar-refractivity contribution in [3.05, 3.63) is 30.1 Å². The molecule has 78 valence electrons. The van der Waals surface area contributed by atoms with Crippen LogP contribution in [0.2, 0.25) is 0 Å². The Bertz CT molecular complexity index is 288. The Morgan fingerprint density at radius 1 is 1.57 bits per heavy atom. The van der Waals surface area contributed by atoms with Gasteiger partial charge in [-0.15, -0.1) is 6.58 Å². The molecule has 1 heterocycles. The Morgan fingerprint density at radius 2 is 2.36 bits per heavy atom. The number of nitrogens with one attached hydrogen (secondary N) is 1. The molecule has 0 saturated heterocycles. The second-order valence-electron chi connectivity index (χ2n) is 3.69. The van der Waals surface area contributed by atoms with Gasteiger partial charge in [0, 0.05) is 26.2 Å². The minimum absolute atomic E-state index is 0.990. The molecule has 0 aliphatic carbocycles. The maximum atomic E-state index is 4.30. The summed E-state index contributed by atoms with van der Waals surface area (Å²) in [6.07, 6.45) is 4.03. The highest BCUT2D eigenvalue weighted by Gasteiger charge is 1.95. The van der Waals surface area contributed by atoms with Crippen molar-refractivity contribution in [1.29, 1.82) is 0 Å². The quantitative estimate of drug-likeness (QED) is 0.548. The van der Waals surface area contributed by atoms with Gasteiger partial charge < -0.3 is 5.32 Å². The molecule has 3 heteroatoms. The fraction of sp³-hybridized carbons (Fsp3) is 0.545. The van der Waals surface area contributed by atoms with E-state index < -0.39 is 0 Å². The molecule has 1 aromatic heterocycles. The summed E-state index contributed by atoms with van der Waals surface area (Å²) in [5.74, 6) is 0. The lowest BCUT2D eigenvalue weighted by Gasteiger charge is -2.02. The monoisotopic (exact) mass is 193 g/mol. The summed E-state index contributed by atoms with van der Waals surface area (Å²) >= 11 is 0. The lowest BCUT2D eigenvalue weighted by atomic mass is 10.2. The smallest absolute Gasteiger partial charge is 0.0637 e. The summed E-state index contributed by atoms with van der Waals surface area (Å²) in [6, 6.07) is 2.06. The first-order valence-corrected chi connectivity index (χ1v) is 5.02. The van der Waals surface area contributed by atoms with Crippen molar-refractivity contribution in [2.75, 3.05) is 13.1 Å². The predicted octanol–water partition coefficient (Wildman–Crippen LogP) is 1.52. The van der Waals surface area contributed by atoms with Crippen molar-refractivity contribution in [1.82, 2.24) is 15.1 Å². The number of nitrogens with zero attached hydrogens (tertiary/aromatic N) is 2. The molecule has 1 rings (SSSR count). The third kappa shape index (κ3) is 4.23. The van der Waals surface area contributed by atoms with Crippen molar-refractivity contribution in [2.24, 2.45) is 7.05 Å². The van der Waals surface area contributed by atoms with Gasteiger partial charge in [0.25, 0.3) is 0 Å². The van der Waals surface area contributed by atoms with Crippen molar-refractivity contribution in [3.63, 3.8) is 0 Å². The Morgan fingerprint density at radius 3 is 2.93 bits per heavy atom. The lowest BCUT2D eigenvalue weighted by Crippen LogP contribution is -2.18. The van der Waals surface area contributed by atoms with Crippen molar-refractivity contribution in [2.45, 2.75) is 19.8 Å². The zero-order valence-electron chi connectivity index (χ0n) is 9.08. The highest BCUT2D eigenvalue weighted by atomic mass is 15.2. The van der Waals surface area contributed by atoms with Gasteiger partial charge >= 0.3 is 0 Å². The van der Waals surface area contributed by atoms with E-state index in [-0.39, 0.29) is 0 Å². The van der Waals surface area contributed by atoms with E-state index in [1.165, 1.54) is 5.57 Å². The van der Waals surface area contributed by atoms with Crippen LogP contribution in [0.1, 0.15) is 19.0 Å². The summed E-state index contributed by atoms with van der Waals surface area (Å²) in [5.41, 5.74) is 2.38. The van der Waals surface area contributed by atoms with Gasteiger partial charge in [0.15, 0.2) is 0 Å². The summed E-state index contributed by atoms with van der Waals surface area (Å²) < 4.78 is 1.84. The largest absolute Gasteiger partial charge is 0.316 e. The molecular weight excluding hydrogens is 174 g/mol. The van der Waals surface area contributed by atoms with Crippen molar-refractivity contribution < 1.29 is 0 Å². The normalized spacial score (nSPS) is 10.4. The number of hydrogen-bond acceptors (Lipinski definition) is 2. The van der Waals surface area contributed by atoms with Gasteiger partial charge in [-0.05, 0) is 26.0 Å². The van der Waals surface area contributed by atoms with Crippen LogP contribution < -0.4 is 5.32 Å². The van der Waals surface area contributed by atoms with Crippen LogP contribution in [0.15, 0.2) is 24.4 Å². The Labute approximate surface area is 85.8 Å². The first-order valence-electron chi connectivity index (χ1n) is 5.02. The maximum absolute atomic E-state index is 4.30. The molecule has 3 nitrogen and oxygen atoms in total. The molecule has 0 radical (unpaired) electrons. The minimum atomic E-state index is 0.990. The molecule has 0 amide bonds. The molecule has 0 unspecified atom stereocenters. The van der Waals surface area contributed by atoms with Gasteiger partial charge in [-0.3, -0.25) is 4.68 Å². The van der Waals surface area contributed by atoms with Gasteiger partial charge in [0.1, 0.15) is 0 Å². The van der Waals surface area contributed by atoms with Crippen LogP contribution in [0.25, 0.3) is 0 Å². The van der Waals surface area contributed by atoms with E-state index in [2.05, 4.69) is 30.0 Å². The van der Waals surface area contributed by atoms with Gasteiger partial charge in [0.2, 0.25) is 0 Å². The zero-order chi connectivity index (χ0) is 10.4. The number of aromatic nitrogens is 2. The molecule has 0 aliphatic heterocycles. The second-order valence-corrected chi connectivity index (χ2v) is 3.69. The van der Waals surface area contributed by atoms with E-state index in [9.17, 15) is 0 Å². The molecule has 0 atom stereocenters. The second kappa shape index (κ2) is 5.60. The Balaban J connectivity index is 2.07. The molecule has 1 N–H and O–H groups in total. The average Bonchev–Trinajstić information content (AvgIpc) is 2.50. The molecule has 0 fully saturated rings. The summed E-state index contributed by atoms with van der Waals surface area (Å²) in [5, 5.41) is 7.67. The number of hydrogen-bond donors (Lipinski definition) is 1. The predicted molar refractivity (Wildman–Crippen MR) is 59.2 cm³/mol. The highest BCUT2D eigenvalue weighted by Crippen LogP contribution is 1.95. The van der Waals surface area contributed by atoms with E-state index >= 15 is 0 Å². The number of aryl methyl sites for hydroxylation is 1. The van der Waals surface area contributed by atoms with E-state index in [1.807, 2.05) is 17.9 Å². The van der Waals surface area contributed by atoms with E-state index in [0.29, 0.717) is 0 Å². The Kier molecular flexibility index (Phi) is 4.40. The van der Waals surface area contributed by atoms with Crippen molar-refractivity contribution in [3.8, 4) is 0 Å². The van der Waals surface area contributed by atoms with Gasteiger partial charge in [-0.25, -0.2) is 0 Å². The molecule has 1 aromatic rings. The minimum Gasteiger partial charge on any atom is -0.316 e.